The molecule has 3 atom stereocenters. The van der Waals surface area contributed by atoms with Crippen molar-refractivity contribution in [3.8, 4) is 11.8 Å². The summed E-state index contributed by atoms with van der Waals surface area (Å²) in [5.74, 6) is 5.08. The van der Waals surface area contributed by atoms with Crippen molar-refractivity contribution in [1.29, 1.82) is 0 Å². The van der Waals surface area contributed by atoms with Crippen molar-refractivity contribution in [2.75, 3.05) is 40.3 Å². The van der Waals surface area contributed by atoms with Gasteiger partial charge in [0.25, 0.3) is 5.91 Å². The number of aliphatic hydroxyl groups excluding tert-OH is 1. The van der Waals surface area contributed by atoms with Crippen LogP contribution in [-0.4, -0.2) is 84.0 Å². The van der Waals surface area contributed by atoms with Crippen LogP contribution in [0.2, 0.25) is 0 Å². The second-order valence-corrected chi connectivity index (χ2v) is 8.50. The van der Waals surface area contributed by atoms with Crippen LogP contribution >= 0.6 is 0 Å². The maximum atomic E-state index is 13.6. The first kappa shape index (κ1) is 22.0. The number of nitrogens with zero attached hydrogens (tertiary/aromatic N) is 3. The zero-order chi connectivity index (χ0) is 22.8. The molecule has 2 saturated heterocycles. The van der Waals surface area contributed by atoms with Gasteiger partial charge in [-0.25, -0.2) is 4.39 Å². The smallest absolute Gasteiger partial charge is 0.254 e. The second kappa shape index (κ2) is 9.11. The van der Waals surface area contributed by atoms with E-state index in [2.05, 4.69) is 11.8 Å². The van der Waals surface area contributed by atoms with Crippen LogP contribution in [0.5, 0.6) is 0 Å². The van der Waals surface area contributed by atoms with Gasteiger partial charge < -0.3 is 14.9 Å². The molecule has 32 heavy (non-hydrogen) atoms. The summed E-state index contributed by atoms with van der Waals surface area (Å²) in [7, 11) is 3.92. The molecule has 2 aromatic rings. The third-order valence-corrected chi connectivity index (χ3v) is 6.03. The van der Waals surface area contributed by atoms with Gasteiger partial charge in [0.05, 0.1) is 25.2 Å². The SMILES string of the molecule is CN(C)CC#Cc1ccc([C@@H]2[C@H](CO)N3C(=O)CN(C(=O)c4cccc(F)c4)C[C@@H]23)cc1. The molecule has 0 aliphatic carbocycles. The molecule has 2 amide bonds. The van der Waals surface area contributed by atoms with E-state index in [-0.39, 0.29) is 48.5 Å². The predicted octanol–water partition coefficient (Wildman–Crippen LogP) is 1.55. The summed E-state index contributed by atoms with van der Waals surface area (Å²) in [6.45, 7) is 0.794. The predicted molar refractivity (Wildman–Crippen MR) is 118 cm³/mol. The van der Waals surface area contributed by atoms with Gasteiger partial charge in [-0.3, -0.25) is 14.5 Å². The number of carbonyl (C=O) groups is 2. The topological polar surface area (TPSA) is 64.1 Å². The normalized spacial score (nSPS) is 22.2. The van der Waals surface area contributed by atoms with Crippen molar-refractivity contribution in [1.82, 2.24) is 14.7 Å². The zero-order valence-corrected chi connectivity index (χ0v) is 18.2. The molecule has 2 fully saturated rings. The number of carbonyl (C=O) groups excluding carboxylic acids is 2. The lowest BCUT2D eigenvalue weighted by Crippen LogP contribution is -2.73. The lowest BCUT2D eigenvalue weighted by Gasteiger charge is -2.58. The molecule has 0 radical (unpaired) electrons. The van der Waals surface area contributed by atoms with Crippen molar-refractivity contribution >= 4 is 11.8 Å². The fourth-order valence-corrected chi connectivity index (χ4v) is 4.55. The molecule has 0 spiro atoms. The van der Waals surface area contributed by atoms with E-state index in [0.29, 0.717) is 13.1 Å². The minimum atomic E-state index is -0.489. The molecular weight excluding hydrogens is 409 g/mol. The Balaban J connectivity index is 1.53. The van der Waals surface area contributed by atoms with Crippen molar-refractivity contribution < 1.29 is 19.1 Å². The first-order chi connectivity index (χ1) is 15.4. The summed E-state index contributed by atoms with van der Waals surface area (Å²) in [6, 6.07) is 12.8. The van der Waals surface area contributed by atoms with Crippen LogP contribution in [0.4, 0.5) is 4.39 Å². The van der Waals surface area contributed by atoms with Gasteiger partial charge in [-0.15, -0.1) is 0 Å². The number of hydrogen-bond donors (Lipinski definition) is 1. The molecule has 0 aromatic heterocycles. The highest BCUT2D eigenvalue weighted by atomic mass is 19.1. The number of benzene rings is 2. The van der Waals surface area contributed by atoms with Crippen LogP contribution in [0.3, 0.4) is 0 Å². The van der Waals surface area contributed by atoms with E-state index in [0.717, 1.165) is 11.1 Å². The van der Waals surface area contributed by atoms with Gasteiger partial charge in [0, 0.05) is 23.6 Å². The molecule has 0 unspecified atom stereocenters. The molecule has 166 valence electrons. The standard InChI is InChI=1S/C25H26FN3O3/c1-27(2)12-4-5-17-8-10-18(11-9-17)24-21-14-28(15-23(31)29(21)22(24)16-30)25(32)19-6-3-7-20(26)13-19/h3,6-11,13,21-22,24,30H,12,14-16H2,1-2H3/t21-,22-,24-/m0/s1. The highest BCUT2D eigenvalue weighted by Gasteiger charge is 2.54. The first-order valence-electron chi connectivity index (χ1n) is 10.6. The Morgan fingerprint density at radius 2 is 1.97 bits per heavy atom. The zero-order valence-electron chi connectivity index (χ0n) is 18.2. The van der Waals surface area contributed by atoms with Crippen molar-refractivity contribution in [3.05, 3.63) is 71.0 Å². The number of rotatable bonds is 4. The summed E-state index contributed by atoms with van der Waals surface area (Å²) in [5, 5.41) is 9.94. The van der Waals surface area contributed by atoms with Crippen molar-refractivity contribution in [2.24, 2.45) is 0 Å². The number of amides is 2. The summed E-state index contributed by atoms with van der Waals surface area (Å²) in [5.41, 5.74) is 2.12. The molecule has 0 bridgehead atoms. The Bertz CT molecular complexity index is 1070. The molecule has 7 heteroatoms. The van der Waals surface area contributed by atoms with Gasteiger partial charge in [-0.1, -0.05) is 30.0 Å². The minimum absolute atomic E-state index is 0.0739. The Kier molecular flexibility index (Phi) is 6.26. The van der Waals surface area contributed by atoms with Gasteiger partial charge >= 0.3 is 0 Å². The molecule has 2 aliphatic rings. The molecule has 2 aromatic carbocycles. The van der Waals surface area contributed by atoms with E-state index in [1.807, 2.05) is 43.3 Å². The van der Waals surface area contributed by atoms with Gasteiger partial charge in [0.1, 0.15) is 12.4 Å². The van der Waals surface area contributed by atoms with Crippen molar-refractivity contribution in [2.45, 2.75) is 18.0 Å². The van der Waals surface area contributed by atoms with Crippen LogP contribution in [0.25, 0.3) is 0 Å². The van der Waals surface area contributed by atoms with Crippen LogP contribution in [0.15, 0.2) is 48.5 Å². The Morgan fingerprint density at radius 1 is 1.22 bits per heavy atom. The van der Waals surface area contributed by atoms with E-state index in [1.165, 1.54) is 23.1 Å². The Morgan fingerprint density at radius 3 is 2.62 bits per heavy atom. The summed E-state index contributed by atoms with van der Waals surface area (Å²) in [6.07, 6.45) is 0. The number of fused-ring (bicyclic) bond motifs is 1. The van der Waals surface area contributed by atoms with Gasteiger partial charge in [0.2, 0.25) is 5.91 Å². The summed E-state index contributed by atoms with van der Waals surface area (Å²) >= 11 is 0. The van der Waals surface area contributed by atoms with E-state index >= 15 is 0 Å². The van der Waals surface area contributed by atoms with E-state index < -0.39 is 5.82 Å². The van der Waals surface area contributed by atoms with Gasteiger partial charge in [0.15, 0.2) is 0 Å². The highest BCUT2D eigenvalue weighted by Crippen LogP contribution is 2.43. The Hall–Kier alpha value is -3.21. The van der Waals surface area contributed by atoms with Crippen LogP contribution < -0.4 is 0 Å². The fraction of sp³-hybridized carbons (Fsp3) is 0.360. The van der Waals surface area contributed by atoms with Crippen LogP contribution in [0, 0.1) is 17.7 Å². The highest BCUT2D eigenvalue weighted by molar-refractivity contribution is 5.97. The molecule has 2 heterocycles. The van der Waals surface area contributed by atoms with E-state index in [9.17, 15) is 19.1 Å². The average molecular weight is 435 g/mol. The summed E-state index contributed by atoms with van der Waals surface area (Å²) in [4.78, 5) is 30.8. The lowest BCUT2D eigenvalue weighted by atomic mass is 9.73. The number of hydrogen-bond acceptors (Lipinski definition) is 4. The number of piperazine rings is 1. The molecule has 2 aliphatic heterocycles. The van der Waals surface area contributed by atoms with Gasteiger partial charge in [-0.2, -0.15) is 0 Å². The third-order valence-electron chi connectivity index (χ3n) is 6.03. The molecule has 6 nitrogen and oxygen atoms in total. The molecular formula is C25H26FN3O3. The first-order valence-corrected chi connectivity index (χ1v) is 10.6. The monoisotopic (exact) mass is 435 g/mol. The number of halogens is 1. The van der Waals surface area contributed by atoms with Crippen molar-refractivity contribution in [3.63, 3.8) is 0 Å². The van der Waals surface area contributed by atoms with Crippen LogP contribution in [-0.2, 0) is 4.79 Å². The largest absolute Gasteiger partial charge is 0.394 e. The quantitative estimate of drug-likeness (QED) is 0.741. The third kappa shape index (κ3) is 4.24. The van der Waals surface area contributed by atoms with Gasteiger partial charge in [-0.05, 0) is 50.0 Å². The van der Waals surface area contributed by atoms with E-state index in [1.54, 1.807) is 11.0 Å². The maximum Gasteiger partial charge on any atom is 0.254 e. The molecule has 4 rings (SSSR count). The number of aliphatic hydroxyl groups is 1. The Labute approximate surface area is 187 Å². The molecule has 0 saturated carbocycles. The fourth-order valence-electron chi connectivity index (χ4n) is 4.55. The lowest BCUT2D eigenvalue weighted by molar-refractivity contribution is -0.159. The summed E-state index contributed by atoms with van der Waals surface area (Å²) < 4.78 is 13.6. The average Bonchev–Trinajstić information content (AvgIpc) is 2.75. The molecule has 1 N–H and O–H groups in total. The minimum Gasteiger partial charge on any atom is -0.394 e. The second-order valence-electron chi connectivity index (χ2n) is 8.50. The van der Waals surface area contributed by atoms with E-state index in [4.69, 9.17) is 0 Å². The maximum absolute atomic E-state index is 13.6. The van der Waals surface area contributed by atoms with Crippen LogP contribution in [0.1, 0.15) is 27.4 Å².